The van der Waals surface area contributed by atoms with Gasteiger partial charge in [0.25, 0.3) is 0 Å². The molecule has 3 rings (SSSR count). The summed E-state index contributed by atoms with van der Waals surface area (Å²) >= 11 is 0. The fourth-order valence-corrected chi connectivity index (χ4v) is 3.52. The average Bonchev–Trinajstić information content (AvgIpc) is 2.51. The van der Waals surface area contributed by atoms with E-state index >= 15 is 0 Å². The Bertz CT molecular complexity index is 740. The van der Waals surface area contributed by atoms with Crippen molar-refractivity contribution >= 4 is 5.69 Å². The zero-order chi connectivity index (χ0) is 16.6. The molecule has 0 bridgehead atoms. The molecule has 1 aliphatic carbocycles. The topological polar surface area (TPSA) is 26.0 Å². The van der Waals surface area contributed by atoms with E-state index in [1.54, 1.807) is 0 Å². The van der Waals surface area contributed by atoms with Gasteiger partial charge in [0.1, 0.15) is 17.5 Å². The number of rotatable bonds is 3. The monoisotopic (exact) mass is 319 g/mol. The summed E-state index contributed by atoms with van der Waals surface area (Å²) < 4.78 is 43.0. The largest absolute Gasteiger partial charge is 0.396 e. The zero-order valence-corrected chi connectivity index (χ0v) is 13.1. The summed E-state index contributed by atoms with van der Waals surface area (Å²) in [5, 5.41) is 0. The van der Waals surface area contributed by atoms with Crippen LogP contribution in [0.2, 0.25) is 0 Å². The second-order valence-electron chi connectivity index (χ2n) is 6.32. The summed E-state index contributed by atoms with van der Waals surface area (Å²) in [6, 6.07) is 5.30. The van der Waals surface area contributed by atoms with Gasteiger partial charge < -0.3 is 5.73 Å². The molecule has 23 heavy (non-hydrogen) atoms. The first kappa shape index (κ1) is 15.9. The Kier molecular flexibility index (Phi) is 4.33. The van der Waals surface area contributed by atoms with Crippen LogP contribution in [0.5, 0.6) is 0 Å². The average molecular weight is 319 g/mol. The van der Waals surface area contributed by atoms with Gasteiger partial charge >= 0.3 is 0 Å². The Hall–Kier alpha value is -1.97. The molecule has 2 aromatic rings. The normalized spacial score (nSPS) is 17.1. The summed E-state index contributed by atoms with van der Waals surface area (Å²) in [7, 11) is 0. The molecule has 1 nitrogen and oxygen atoms in total. The molecule has 1 unspecified atom stereocenters. The summed E-state index contributed by atoms with van der Waals surface area (Å²) in [4.78, 5) is 0. The fourth-order valence-electron chi connectivity index (χ4n) is 3.52. The fraction of sp³-hybridized carbons (Fsp3) is 0.368. The maximum atomic E-state index is 14.9. The predicted octanol–water partition coefficient (Wildman–Crippen LogP) is 5.26. The van der Waals surface area contributed by atoms with Crippen LogP contribution in [0.3, 0.4) is 0 Å². The molecular weight excluding hydrogens is 299 g/mol. The van der Waals surface area contributed by atoms with Crippen LogP contribution in [-0.4, -0.2) is 0 Å². The molecule has 4 heteroatoms. The van der Waals surface area contributed by atoms with Crippen LogP contribution >= 0.6 is 0 Å². The smallest absolute Gasteiger partial charge is 0.146 e. The minimum atomic E-state index is -0.665. The lowest BCUT2D eigenvalue weighted by atomic mass is 9.80. The molecule has 0 saturated carbocycles. The Morgan fingerprint density at radius 1 is 1.13 bits per heavy atom. The van der Waals surface area contributed by atoms with Gasteiger partial charge in [0, 0.05) is 0 Å². The van der Waals surface area contributed by atoms with E-state index in [2.05, 4.69) is 6.92 Å². The number of anilines is 1. The van der Waals surface area contributed by atoms with Crippen LogP contribution in [0.4, 0.5) is 18.9 Å². The third-order valence-electron chi connectivity index (χ3n) is 4.71. The molecule has 0 radical (unpaired) electrons. The second kappa shape index (κ2) is 6.26. The van der Waals surface area contributed by atoms with Crippen molar-refractivity contribution in [2.75, 3.05) is 5.73 Å². The number of fused-ring (bicyclic) bond motifs is 1. The van der Waals surface area contributed by atoms with Gasteiger partial charge in [0.2, 0.25) is 0 Å². The maximum Gasteiger partial charge on any atom is 0.146 e. The van der Waals surface area contributed by atoms with Crippen LogP contribution in [0.15, 0.2) is 24.3 Å². The number of benzene rings is 2. The molecule has 1 atom stereocenters. The predicted molar refractivity (Wildman–Crippen MR) is 86.6 cm³/mol. The van der Waals surface area contributed by atoms with E-state index < -0.39 is 17.5 Å². The Labute approximate surface area is 134 Å². The molecule has 0 amide bonds. The number of hydrogen-bond donors (Lipinski definition) is 1. The Morgan fingerprint density at radius 2 is 1.91 bits per heavy atom. The van der Waals surface area contributed by atoms with Gasteiger partial charge in [-0.05, 0) is 60.1 Å². The molecule has 0 aromatic heterocycles. The molecule has 0 saturated heterocycles. The lowest BCUT2D eigenvalue weighted by Gasteiger charge is -2.26. The van der Waals surface area contributed by atoms with Gasteiger partial charge in [-0.3, -0.25) is 0 Å². The number of nitrogen functional groups attached to an aromatic ring is 1. The van der Waals surface area contributed by atoms with Gasteiger partial charge in [-0.25, -0.2) is 13.2 Å². The summed E-state index contributed by atoms with van der Waals surface area (Å²) in [6.45, 7) is 2.12. The third kappa shape index (κ3) is 2.94. The van der Waals surface area contributed by atoms with Gasteiger partial charge in [0.05, 0.1) is 11.3 Å². The van der Waals surface area contributed by atoms with Crippen LogP contribution in [0.1, 0.15) is 37.3 Å². The lowest BCUT2D eigenvalue weighted by molar-refractivity contribution is 0.412. The van der Waals surface area contributed by atoms with Crippen molar-refractivity contribution in [3.8, 4) is 11.1 Å². The highest BCUT2D eigenvalue weighted by Crippen LogP contribution is 2.36. The first-order valence-electron chi connectivity index (χ1n) is 8.06. The van der Waals surface area contributed by atoms with E-state index in [-0.39, 0.29) is 16.8 Å². The Balaban J connectivity index is 2.05. The van der Waals surface area contributed by atoms with Crippen molar-refractivity contribution < 1.29 is 13.2 Å². The standard InChI is InChI=1S/C19H20F3N/c1-2-3-11-4-6-14-13(8-11)10-16(21)18(19(14)22)12-5-7-17(23)15(20)9-12/h5,7,9-11H,2-4,6,8,23H2,1H3. The highest BCUT2D eigenvalue weighted by molar-refractivity contribution is 5.69. The van der Waals surface area contributed by atoms with Gasteiger partial charge in [0.15, 0.2) is 0 Å². The number of hydrogen-bond acceptors (Lipinski definition) is 1. The van der Waals surface area contributed by atoms with Crippen molar-refractivity contribution in [1.29, 1.82) is 0 Å². The lowest BCUT2D eigenvalue weighted by Crippen LogP contribution is -2.16. The van der Waals surface area contributed by atoms with Crippen LogP contribution < -0.4 is 5.73 Å². The zero-order valence-electron chi connectivity index (χ0n) is 13.1. The van der Waals surface area contributed by atoms with Crippen molar-refractivity contribution in [1.82, 2.24) is 0 Å². The van der Waals surface area contributed by atoms with Crippen molar-refractivity contribution in [2.24, 2.45) is 5.92 Å². The van der Waals surface area contributed by atoms with E-state index in [0.29, 0.717) is 24.3 Å². The summed E-state index contributed by atoms with van der Waals surface area (Å²) in [6.07, 6.45) is 4.39. The van der Waals surface area contributed by atoms with E-state index in [4.69, 9.17) is 5.73 Å². The maximum absolute atomic E-state index is 14.9. The molecule has 0 heterocycles. The quantitative estimate of drug-likeness (QED) is 0.767. The molecule has 1 aliphatic rings. The Morgan fingerprint density at radius 3 is 2.61 bits per heavy atom. The number of nitrogens with two attached hydrogens (primary N) is 1. The molecule has 0 aliphatic heterocycles. The molecular formula is C19H20F3N. The van der Waals surface area contributed by atoms with Gasteiger partial charge in [-0.2, -0.15) is 0 Å². The molecule has 2 aromatic carbocycles. The van der Waals surface area contributed by atoms with Crippen LogP contribution in [0, 0.1) is 23.4 Å². The first-order chi connectivity index (χ1) is 11.0. The van der Waals surface area contributed by atoms with E-state index in [0.717, 1.165) is 30.9 Å². The number of halogens is 3. The second-order valence-corrected chi connectivity index (χ2v) is 6.32. The van der Waals surface area contributed by atoms with Gasteiger partial charge in [-0.15, -0.1) is 0 Å². The van der Waals surface area contributed by atoms with Crippen molar-refractivity contribution in [3.05, 3.63) is 52.8 Å². The summed E-state index contributed by atoms with van der Waals surface area (Å²) in [5.74, 6) is -1.37. The highest BCUT2D eigenvalue weighted by Gasteiger charge is 2.25. The van der Waals surface area contributed by atoms with E-state index in [1.165, 1.54) is 18.2 Å². The third-order valence-corrected chi connectivity index (χ3v) is 4.71. The molecule has 122 valence electrons. The molecule has 0 spiro atoms. The van der Waals surface area contributed by atoms with E-state index in [9.17, 15) is 13.2 Å². The SMILES string of the molecule is CCCC1CCc2c(cc(F)c(-c3ccc(N)c(F)c3)c2F)C1. The first-order valence-corrected chi connectivity index (χ1v) is 8.06. The van der Waals surface area contributed by atoms with Crippen molar-refractivity contribution in [3.63, 3.8) is 0 Å². The molecule has 0 fully saturated rings. The van der Waals surface area contributed by atoms with Crippen molar-refractivity contribution in [2.45, 2.75) is 39.0 Å². The minimum absolute atomic E-state index is 0.0325. The molecule has 2 N–H and O–H groups in total. The van der Waals surface area contributed by atoms with Crippen LogP contribution in [-0.2, 0) is 12.8 Å². The highest BCUT2D eigenvalue weighted by atomic mass is 19.1. The van der Waals surface area contributed by atoms with Crippen LogP contribution in [0.25, 0.3) is 11.1 Å². The summed E-state index contributed by atoms with van der Waals surface area (Å²) in [5.41, 5.74) is 6.76. The van der Waals surface area contributed by atoms with E-state index in [1.807, 2.05) is 0 Å². The minimum Gasteiger partial charge on any atom is -0.396 e. The van der Waals surface area contributed by atoms with Gasteiger partial charge in [-0.1, -0.05) is 25.8 Å².